The molecule has 0 N–H and O–H groups in total. The lowest BCUT2D eigenvalue weighted by Crippen LogP contribution is -2.43. The molecule has 0 bridgehead atoms. The smallest absolute Gasteiger partial charge is 0.246 e. The molecule has 1 atom stereocenters. The van der Waals surface area contributed by atoms with Crippen LogP contribution in [0.25, 0.3) is 11.4 Å². The van der Waals surface area contributed by atoms with Gasteiger partial charge in [0.25, 0.3) is 0 Å². The van der Waals surface area contributed by atoms with Crippen LogP contribution in [0.3, 0.4) is 0 Å². The van der Waals surface area contributed by atoms with Gasteiger partial charge in [-0.15, -0.1) is 0 Å². The monoisotopic (exact) mass is 404 g/mol. The van der Waals surface area contributed by atoms with Crippen LogP contribution in [-0.4, -0.2) is 41.1 Å². The predicted molar refractivity (Wildman–Crippen MR) is 117 cm³/mol. The van der Waals surface area contributed by atoms with Crippen LogP contribution in [0, 0.1) is 19.8 Å². The highest BCUT2D eigenvalue weighted by atomic mass is 16.5. The van der Waals surface area contributed by atoms with Crippen molar-refractivity contribution in [1.29, 1.82) is 0 Å². The van der Waals surface area contributed by atoms with E-state index in [-0.39, 0.29) is 11.8 Å². The van der Waals surface area contributed by atoms with Gasteiger partial charge in [-0.1, -0.05) is 52.7 Å². The second kappa shape index (κ2) is 8.69. The van der Waals surface area contributed by atoms with Crippen LogP contribution in [0.15, 0.2) is 53.1 Å². The molecule has 4 rings (SSSR count). The highest BCUT2D eigenvalue weighted by molar-refractivity contribution is 5.79. The Labute approximate surface area is 177 Å². The second-order valence-electron chi connectivity index (χ2n) is 8.19. The summed E-state index contributed by atoms with van der Waals surface area (Å²) in [5.74, 6) is 1.10. The minimum atomic E-state index is -0.0236. The van der Waals surface area contributed by atoms with Gasteiger partial charge in [0, 0.05) is 31.4 Å². The van der Waals surface area contributed by atoms with Gasteiger partial charge in [-0.3, -0.25) is 4.79 Å². The van der Waals surface area contributed by atoms with Gasteiger partial charge in [-0.2, -0.15) is 4.98 Å². The van der Waals surface area contributed by atoms with Crippen LogP contribution < -0.4 is 4.90 Å². The lowest BCUT2D eigenvalue weighted by atomic mass is 9.96. The Hall–Kier alpha value is -3.15. The van der Waals surface area contributed by atoms with E-state index in [0.29, 0.717) is 18.3 Å². The largest absolute Gasteiger partial charge is 0.371 e. The van der Waals surface area contributed by atoms with Gasteiger partial charge in [-0.05, 0) is 38.8 Å². The summed E-state index contributed by atoms with van der Waals surface area (Å²) < 4.78 is 5.39. The number of carbonyl (C=O) groups excluding carboxylic acids is 1. The van der Waals surface area contributed by atoms with E-state index in [2.05, 4.69) is 46.2 Å². The Balaban J connectivity index is 1.38. The molecule has 1 fully saturated rings. The Morgan fingerprint density at radius 2 is 1.77 bits per heavy atom. The SMILES string of the molecule is Cc1ccc(-c2noc(CN(C)C(=O)[C@@H]3CCCN(c4ccc(C)cc4)C3)n2)cc1. The predicted octanol–water partition coefficient (Wildman–Crippen LogP) is 4.23. The van der Waals surface area contributed by atoms with Crippen LogP contribution in [-0.2, 0) is 11.3 Å². The molecule has 1 aromatic heterocycles. The Bertz CT molecular complexity index is 995. The molecule has 0 radical (unpaired) electrons. The summed E-state index contributed by atoms with van der Waals surface area (Å²) in [6.07, 6.45) is 1.92. The first-order valence-corrected chi connectivity index (χ1v) is 10.5. The topological polar surface area (TPSA) is 62.5 Å². The summed E-state index contributed by atoms with van der Waals surface area (Å²) in [5.41, 5.74) is 4.51. The fourth-order valence-corrected chi connectivity index (χ4v) is 3.90. The number of anilines is 1. The van der Waals surface area contributed by atoms with E-state index < -0.39 is 0 Å². The lowest BCUT2D eigenvalue weighted by molar-refractivity contribution is -0.135. The fourth-order valence-electron chi connectivity index (χ4n) is 3.90. The van der Waals surface area contributed by atoms with E-state index in [4.69, 9.17) is 4.52 Å². The Morgan fingerprint density at radius 1 is 1.10 bits per heavy atom. The van der Waals surface area contributed by atoms with Crippen molar-refractivity contribution in [2.75, 3.05) is 25.0 Å². The number of hydrogen-bond acceptors (Lipinski definition) is 5. The van der Waals surface area contributed by atoms with E-state index in [1.807, 2.05) is 38.2 Å². The van der Waals surface area contributed by atoms with Crippen molar-refractivity contribution < 1.29 is 9.32 Å². The van der Waals surface area contributed by atoms with Crippen molar-refractivity contribution >= 4 is 11.6 Å². The van der Waals surface area contributed by atoms with E-state index in [1.54, 1.807) is 4.90 Å². The molecule has 2 aromatic carbocycles. The zero-order chi connectivity index (χ0) is 21.1. The summed E-state index contributed by atoms with van der Waals surface area (Å²) in [5, 5.41) is 4.07. The minimum Gasteiger partial charge on any atom is -0.371 e. The third kappa shape index (κ3) is 4.53. The van der Waals surface area contributed by atoms with Crippen molar-refractivity contribution in [3.8, 4) is 11.4 Å². The maximum Gasteiger partial charge on any atom is 0.246 e. The average Bonchev–Trinajstić information content (AvgIpc) is 3.22. The Kier molecular flexibility index (Phi) is 5.84. The molecule has 2 heterocycles. The quantitative estimate of drug-likeness (QED) is 0.637. The van der Waals surface area contributed by atoms with Gasteiger partial charge in [0.2, 0.25) is 17.6 Å². The second-order valence-corrected chi connectivity index (χ2v) is 8.19. The van der Waals surface area contributed by atoms with Crippen molar-refractivity contribution in [3.05, 3.63) is 65.5 Å². The maximum atomic E-state index is 13.1. The molecule has 6 nitrogen and oxygen atoms in total. The molecule has 156 valence electrons. The summed E-state index contributed by atoms with van der Waals surface area (Å²) in [6.45, 7) is 6.17. The molecule has 30 heavy (non-hydrogen) atoms. The van der Waals surface area contributed by atoms with Crippen LogP contribution >= 0.6 is 0 Å². The number of rotatable bonds is 5. The van der Waals surface area contributed by atoms with Gasteiger partial charge in [-0.25, -0.2) is 0 Å². The molecular weight excluding hydrogens is 376 g/mol. The van der Waals surface area contributed by atoms with Gasteiger partial charge in [0.1, 0.15) is 0 Å². The van der Waals surface area contributed by atoms with Gasteiger partial charge < -0.3 is 14.3 Å². The number of hydrogen-bond donors (Lipinski definition) is 0. The minimum absolute atomic E-state index is 0.0236. The first-order valence-electron chi connectivity index (χ1n) is 10.5. The lowest BCUT2D eigenvalue weighted by Gasteiger charge is -2.35. The van der Waals surface area contributed by atoms with Crippen molar-refractivity contribution in [2.45, 2.75) is 33.2 Å². The molecule has 1 aliphatic heterocycles. The molecule has 0 unspecified atom stereocenters. The third-order valence-corrected chi connectivity index (χ3v) is 5.70. The van der Waals surface area contributed by atoms with Crippen molar-refractivity contribution in [2.24, 2.45) is 5.92 Å². The van der Waals surface area contributed by atoms with Crippen LogP contribution in [0.1, 0.15) is 29.9 Å². The molecule has 0 spiro atoms. The van der Waals surface area contributed by atoms with E-state index >= 15 is 0 Å². The van der Waals surface area contributed by atoms with Crippen LogP contribution in [0.4, 0.5) is 5.69 Å². The summed E-state index contributed by atoms with van der Waals surface area (Å²) >= 11 is 0. The average molecular weight is 405 g/mol. The number of amides is 1. The van der Waals surface area contributed by atoms with Crippen molar-refractivity contribution in [1.82, 2.24) is 15.0 Å². The highest BCUT2D eigenvalue weighted by Crippen LogP contribution is 2.25. The molecular formula is C24H28N4O2. The normalized spacial score (nSPS) is 16.5. The number of aryl methyl sites for hydroxylation is 2. The number of nitrogens with zero attached hydrogens (tertiary/aromatic N) is 4. The van der Waals surface area contributed by atoms with Crippen LogP contribution in [0.2, 0.25) is 0 Å². The van der Waals surface area contributed by atoms with Gasteiger partial charge >= 0.3 is 0 Å². The maximum absolute atomic E-state index is 13.1. The summed E-state index contributed by atoms with van der Waals surface area (Å²) in [7, 11) is 1.81. The van der Waals surface area contributed by atoms with Crippen LogP contribution in [0.5, 0.6) is 0 Å². The number of carbonyl (C=O) groups is 1. The molecule has 3 aromatic rings. The highest BCUT2D eigenvalue weighted by Gasteiger charge is 2.29. The van der Waals surface area contributed by atoms with E-state index in [0.717, 1.165) is 31.5 Å². The molecule has 0 saturated carbocycles. The standard InChI is InChI=1S/C24H28N4O2/c1-17-6-10-19(11-7-17)23-25-22(30-26-23)16-27(3)24(29)20-5-4-14-28(15-20)21-12-8-18(2)9-13-21/h6-13,20H,4-5,14-16H2,1-3H3/t20-/m1/s1. The molecule has 0 aliphatic carbocycles. The van der Waals surface area contributed by atoms with Gasteiger partial charge in [0.15, 0.2) is 0 Å². The zero-order valence-corrected chi connectivity index (χ0v) is 17.8. The molecule has 1 saturated heterocycles. The summed E-state index contributed by atoms with van der Waals surface area (Å²) in [4.78, 5) is 21.5. The summed E-state index contributed by atoms with van der Waals surface area (Å²) in [6, 6.07) is 16.5. The molecule has 1 aliphatic rings. The number of aromatic nitrogens is 2. The first-order chi connectivity index (χ1) is 14.5. The van der Waals surface area contributed by atoms with Crippen molar-refractivity contribution in [3.63, 3.8) is 0 Å². The zero-order valence-electron chi connectivity index (χ0n) is 17.8. The molecule has 1 amide bonds. The number of benzene rings is 2. The number of piperidine rings is 1. The van der Waals surface area contributed by atoms with E-state index in [1.165, 1.54) is 16.8 Å². The third-order valence-electron chi connectivity index (χ3n) is 5.70. The molecule has 6 heteroatoms. The first kappa shape index (κ1) is 20.1. The Morgan fingerprint density at radius 3 is 2.47 bits per heavy atom. The van der Waals surface area contributed by atoms with Gasteiger partial charge in [0.05, 0.1) is 12.5 Å². The van der Waals surface area contributed by atoms with E-state index in [9.17, 15) is 4.79 Å². The fraction of sp³-hybridized carbons (Fsp3) is 0.375.